The predicted octanol–water partition coefficient (Wildman–Crippen LogP) is 3.51. The summed E-state index contributed by atoms with van der Waals surface area (Å²) in [5.74, 6) is -1.66. The summed E-state index contributed by atoms with van der Waals surface area (Å²) in [6.07, 6.45) is 0.0278. The van der Waals surface area contributed by atoms with Gasteiger partial charge in [-0.15, -0.1) is 0 Å². The lowest BCUT2D eigenvalue weighted by Crippen LogP contribution is -2.42. The highest BCUT2D eigenvalue weighted by Crippen LogP contribution is 2.20. The molecular formula is C17H12Br2N2O3. The first-order chi connectivity index (χ1) is 11.4. The molecule has 0 aliphatic rings. The van der Waals surface area contributed by atoms with Crippen molar-refractivity contribution in [3.8, 4) is 6.07 Å². The fourth-order valence-electron chi connectivity index (χ4n) is 2.15. The van der Waals surface area contributed by atoms with Gasteiger partial charge >= 0.3 is 5.97 Å². The van der Waals surface area contributed by atoms with E-state index >= 15 is 0 Å². The minimum atomic E-state index is -1.16. The molecular weight excluding hydrogens is 440 g/mol. The van der Waals surface area contributed by atoms with Crippen LogP contribution in [0.5, 0.6) is 0 Å². The van der Waals surface area contributed by atoms with Crippen molar-refractivity contribution in [2.75, 3.05) is 0 Å². The number of amides is 1. The second kappa shape index (κ2) is 8.08. The summed E-state index contributed by atoms with van der Waals surface area (Å²) in [6, 6.07) is 12.6. The fourth-order valence-corrected chi connectivity index (χ4v) is 3.45. The number of nitrogens with one attached hydrogen (secondary N) is 1. The van der Waals surface area contributed by atoms with Crippen LogP contribution in [0.1, 0.15) is 21.5 Å². The number of carboxylic acids is 1. The van der Waals surface area contributed by atoms with E-state index in [2.05, 4.69) is 37.2 Å². The molecule has 0 saturated carbocycles. The number of carbonyl (C=O) groups excluding carboxylic acids is 1. The number of benzene rings is 2. The van der Waals surface area contributed by atoms with Crippen LogP contribution in [0, 0.1) is 11.3 Å². The number of carbonyl (C=O) groups is 2. The van der Waals surface area contributed by atoms with Gasteiger partial charge in [0.05, 0.1) is 11.6 Å². The number of rotatable bonds is 5. The van der Waals surface area contributed by atoms with Gasteiger partial charge in [0.1, 0.15) is 6.04 Å². The molecule has 0 aromatic heterocycles. The first-order valence-electron chi connectivity index (χ1n) is 6.88. The smallest absolute Gasteiger partial charge is 0.326 e. The first kappa shape index (κ1) is 18.2. The van der Waals surface area contributed by atoms with Crippen molar-refractivity contribution >= 4 is 43.7 Å². The van der Waals surface area contributed by atoms with Crippen LogP contribution in [0.15, 0.2) is 51.4 Å². The van der Waals surface area contributed by atoms with E-state index in [1.165, 1.54) is 0 Å². The molecule has 1 amide bonds. The van der Waals surface area contributed by atoms with Gasteiger partial charge in [0.25, 0.3) is 5.91 Å². The van der Waals surface area contributed by atoms with Gasteiger partial charge in [0.15, 0.2) is 0 Å². The first-order valence-corrected chi connectivity index (χ1v) is 8.47. The summed E-state index contributed by atoms with van der Waals surface area (Å²) in [5, 5.41) is 21.0. The zero-order chi connectivity index (χ0) is 17.7. The van der Waals surface area contributed by atoms with Crippen molar-refractivity contribution in [2.24, 2.45) is 0 Å². The summed E-state index contributed by atoms with van der Waals surface area (Å²) in [4.78, 5) is 23.8. The Morgan fingerprint density at radius 1 is 1.17 bits per heavy atom. The fraction of sp³-hybridized carbons (Fsp3) is 0.118. The summed E-state index contributed by atoms with van der Waals surface area (Å²) < 4.78 is 1.40. The van der Waals surface area contributed by atoms with Gasteiger partial charge in [-0.25, -0.2) is 4.79 Å². The van der Waals surface area contributed by atoms with Crippen LogP contribution < -0.4 is 5.32 Å². The normalized spacial score (nSPS) is 11.4. The molecule has 5 nitrogen and oxygen atoms in total. The lowest BCUT2D eigenvalue weighted by atomic mass is 10.0. The predicted molar refractivity (Wildman–Crippen MR) is 95.6 cm³/mol. The van der Waals surface area contributed by atoms with E-state index in [0.717, 1.165) is 0 Å². The second-order valence-electron chi connectivity index (χ2n) is 5.00. The molecule has 7 heteroatoms. The van der Waals surface area contributed by atoms with Crippen molar-refractivity contribution in [1.29, 1.82) is 5.26 Å². The molecule has 0 heterocycles. The van der Waals surface area contributed by atoms with Crippen molar-refractivity contribution in [3.63, 3.8) is 0 Å². The monoisotopic (exact) mass is 450 g/mol. The van der Waals surface area contributed by atoms with Crippen LogP contribution in [0.3, 0.4) is 0 Å². The molecule has 0 saturated heterocycles. The van der Waals surface area contributed by atoms with Gasteiger partial charge < -0.3 is 10.4 Å². The molecule has 0 unspecified atom stereocenters. The van der Waals surface area contributed by atoms with Crippen LogP contribution in [-0.2, 0) is 11.2 Å². The van der Waals surface area contributed by atoms with Gasteiger partial charge in [0.2, 0.25) is 0 Å². The maximum Gasteiger partial charge on any atom is 0.326 e. The largest absolute Gasteiger partial charge is 0.480 e. The minimum absolute atomic E-state index is 0.0278. The summed E-state index contributed by atoms with van der Waals surface area (Å²) >= 11 is 6.57. The van der Waals surface area contributed by atoms with E-state index in [1.54, 1.807) is 42.5 Å². The molecule has 0 aliphatic carbocycles. The molecule has 0 bridgehead atoms. The van der Waals surface area contributed by atoms with Crippen molar-refractivity contribution in [1.82, 2.24) is 5.32 Å². The molecule has 2 aromatic carbocycles. The lowest BCUT2D eigenvalue weighted by Gasteiger charge is -2.15. The lowest BCUT2D eigenvalue weighted by molar-refractivity contribution is -0.139. The van der Waals surface area contributed by atoms with Gasteiger partial charge in [-0.3, -0.25) is 4.79 Å². The highest BCUT2D eigenvalue weighted by atomic mass is 79.9. The second-order valence-corrected chi connectivity index (χ2v) is 6.83. The van der Waals surface area contributed by atoms with Gasteiger partial charge in [-0.05, 0) is 29.8 Å². The average Bonchev–Trinajstić information content (AvgIpc) is 2.53. The molecule has 2 aromatic rings. The number of halogens is 2. The van der Waals surface area contributed by atoms with Crippen LogP contribution >= 0.6 is 31.9 Å². The molecule has 2 N–H and O–H groups in total. The Hall–Kier alpha value is -2.17. The standard InChI is InChI=1S/C17H12Br2N2O3/c18-13-5-12(6-14(19)8-13)16(22)21-15(17(23)24)7-10-3-1-2-4-11(10)9-20/h1-6,8,15H,7H2,(H,21,22)(H,23,24)/t15-/m1/s1. The molecule has 122 valence electrons. The topological polar surface area (TPSA) is 90.2 Å². The number of carboxylic acid groups (broad SMARTS) is 1. The third-order valence-corrected chi connectivity index (χ3v) is 4.21. The highest BCUT2D eigenvalue weighted by molar-refractivity contribution is 9.11. The Bertz CT molecular complexity index is 811. The van der Waals surface area contributed by atoms with Crippen molar-refractivity contribution in [2.45, 2.75) is 12.5 Å². The molecule has 1 atom stereocenters. The zero-order valence-electron chi connectivity index (χ0n) is 12.3. The Morgan fingerprint density at radius 2 is 1.79 bits per heavy atom. The molecule has 24 heavy (non-hydrogen) atoms. The summed E-state index contributed by atoms with van der Waals surface area (Å²) in [6.45, 7) is 0. The minimum Gasteiger partial charge on any atom is -0.480 e. The Morgan fingerprint density at radius 3 is 2.38 bits per heavy atom. The van der Waals surface area contributed by atoms with Gasteiger partial charge in [-0.2, -0.15) is 5.26 Å². The maximum atomic E-state index is 12.3. The molecule has 0 spiro atoms. The van der Waals surface area contributed by atoms with E-state index < -0.39 is 17.9 Å². The van der Waals surface area contributed by atoms with Gasteiger partial charge in [-0.1, -0.05) is 50.1 Å². The molecule has 0 radical (unpaired) electrons. The maximum absolute atomic E-state index is 12.3. The number of aliphatic carboxylic acids is 1. The third kappa shape index (κ3) is 4.66. The molecule has 0 aliphatic heterocycles. The SMILES string of the molecule is N#Cc1ccccc1C[C@@H](NC(=O)c1cc(Br)cc(Br)c1)C(=O)O. The van der Waals surface area contributed by atoms with E-state index in [1.807, 2.05) is 6.07 Å². The van der Waals surface area contributed by atoms with Crippen LogP contribution in [0.4, 0.5) is 0 Å². The summed E-state index contributed by atoms with van der Waals surface area (Å²) in [7, 11) is 0. The van der Waals surface area contributed by atoms with E-state index in [-0.39, 0.29) is 6.42 Å². The summed E-state index contributed by atoms with van der Waals surface area (Å²) in [5.41, 5.74) is 1.29. The number of nitrogens with zero attached hydrogens (tertiary/aromatic N) is 1. The van der Waals surface area contributed by atoms with Crippen LogP contribution in [-0.4, -0.2) is 23.0 Å². The Kier molecular flexibility index (Phi) is 6.12. The number of hydrogen-bond donors (Lipinski definition) is 2. The van der Waals surface area contributed by atoms with Crippen molar-refractivity contribution in [3.05, 3.63) is 68.1 Å². The van der Waals surface area contributed by atoms with Gasteiger partial charge in [0, 0.05) is 20.9 Å². The van der Waals surface area contributed by atoms with Crippen LogP contribution in [0.2, 0.25) is 0 Å². The van der Waals surface area contributed by atoms with Crippen LogP contribution in [0.25, 0.3) is 0 Å². The van der Waals surface area contributed by atoms with E-state index in [4.69, 9.17) is 5.26 Å². The quantitative estimate of drug-likeness (QED) is 0.727. The average molecular weight is 452 g/mol. The third-order valence-electron chi connectivity index (χ3n) is 3.29. The van der Waals surface area contributed by atoms with Crippen molar-refractivity contribution < 1.29 is 14.7 Å². The molecule has 0 fully saturated rings. The van der Waals surface area contributed by atoms with E-state index in [9.17, 15) is 14.7 Å². The Labute approximate surface area is 155 Å². The number of nitriles is 1. The molecule has 2 rings (SSSR count). The number of hydrogen-bond acceptors (Lipinski definition) is 3. The van der Waals surface area contributed by atoms with E-state index in [0.29, 0.717) is 25.6 Å². The highest BCUT2D eigenvalue weighted by Gasteiger charge is 2.22. The zero-order valence-corrected chi connectivity index (χ0v) is 15.5. The Balaban J connectivity index is 2.21.